The van der Waals surface area contributed by atoms with Crippen LogP contribution in [0.1, 0.15) is 11.1 Å². The van der Waals surface area contributed by atoms with Crippen molar-refractivity contribution in [3.8, 4) is 11.3 Å². The van der Waals surface area contributed by atoms with Crippen LogP contribution in [-0.4, -0.2) is 10.9 Å². The van der Waals surface area contributed by atoms with Gasteiger partial charge in [0.25, 0.3) is 0 Å². The van der Waals surface area contributed by atoms with Crippen LogP contribution in [0.15, 0.2) is 59.4 Å². The molecule has 0 saturated carbocycles. The molecule has 0 aliphatic heterocycles. The topological polar surface area (TPSA) is 42.0 Å². The van der Waals surface area contributed by atoms with E-state index >= 15 is 0 Å². The highest BCUT2D eigenvalue weighted by Crippen LogP contribution is 2.20. The highest BCUT2D eigenvalue weighted by Gasteiger charge is 2.05. The zero-order valence-electron chi connectivity index (χ0n) is 12.3. The standard InChI is InChI=1S/C18H15FN2OS/c19-16-3-1-13(2-4-16)10-18(22)21-11-14-5-7-20-17(9-14)15-6-8-23-12-15/h1-9,12H,10-11H2,(H,21,22). The van der Waals surface area contributed by atoms with E-state index in [0.29, 0.717) is 6.54 Å². The Bertz CT molecular complexity index is 785. The summed E-state index contributed by atoms with van der Waals surface area (Å²) in [7, 11) is 0. The van der Waals surface area contributed by atoms with Crippen LogP contribution in [-0.2, 0) is 17.8 Å². The van der Waals surface area contributed by atoms with Crippen molar-refractivity contribution in [2.75, 3.05) is 0 Å². The van der Waals surface area contributed by atoms with Gasteiger partial charge in [0.1, 0.15) is 5.82 Å². The molecule has 0 aliphatic rings. The summed E-state index contributed by atoms with van der Waals surface area (Å²) in [5.74, 6) is -0.391. The largest absolute Gasteiger partial charge is 0.352 e. The number of amides is 1. The van der Waals surface area contributed by atoms with Crippen LogP contribution in [0.4, 0.5) is 4.39 Å². The highest BCUT2D eigenvalue weighted by atomic mass is 32.1. The third kappa shape index (κ3) is 4.23. The molecule has 1 amide bonds. The van der Waals surface area contributed by atoms with Crippen LogP contribution in [0.5, 0.6) is 0 Å². The first-order valence-electron chi connectivity index (χ1n) is 7.19. The van der Waals surface area contributed by atoms with Gasteiger partial charge in [0.2, 0.25) is 5.91 Å². The predicted octanol–water partition coefficient (Wildman–Crippen LogP) is 3.81. The summed E-state index contributed by atoms with van der Waals surface area (Å²) in [5, 5.41) is 6.93. The fraction of sp³-hybridized carbons (Fsp3) is 0.111. The normalized spacial score (nSPS) is 10.5. The molecule has 0 radical (unpaired) electrons. The second kappa shape index (κ2) is 7.15. The Morgan fingerprint density at radius 1 is 1.13 bits per heavy atom. The molecule has 1 N–H and O–H groups in total. The number of carbonyl (C=O) groups excluding carboxylic acids is 1. The lowest BCUT2D eigenvalue weighted by molar-refractivity contribution is -0.120. The third-order valence-electron chi connectivity index (χ3n) is 3.41. The molecule has 5 heteroatoms. The molecule has 2 aromatic heterocycles. The minimum Gasteiger partial charge on any atom is -0.352 e. The molecular weight excluding hydrogens is 311 g/mol. The molecule has 0 saturated heterocycles. The average molecular weight is 326 g/mol. The Labute approximate surface area is 137 Å². The molecule has 0 atom stereocenters. The molecule has 0 spiro atoms. The third-order valence-corrected chi connectivity index (χ3v) is 4.09. The maximum atomic E-state index is 12.8. The van der Waals surface area contributed by atoms with Crippen molar-refractivity contribution >= 4 is 17.2 Å². The van der Waals surface area contributed by atoms with Crippen molar-refractivity contribution in [2.45, 2.75) is 13.0 Å². The van der Waals surface area contributed by atoms with Gasteiger partial charge >= 0.3 is 0 Å². The zero-order valence-corrected chi connectivity index (χ0v) is 13.1. The molecule has 3 nitrogen and oxygen atoms in total. The maximum absolute atomic E-state index is 12.8. The van der Waals surface area contributed by atoms with Crippen LogP contribution in [0.25, 0.3) is 11.3 Å². The average Bonchev–Trinajstić information content (AvgIpc) is 3.10. The molecule has 116 valence electrons. The Morgan fingerprint density at radius 2 is 1.96 bits per heavy atom. The number of nitrogens with one attached hydrogen (secondary N) is 1. The molecule has 0 aliphatic carbocycles. The Morgan fingerprint density at radius 3 is 2.70 bits per heavy atom. The lowest BCUT2D eigenvalue weighted by Crippen LogP contribution is -2.24. The van der Waals surface area contributed by atoms with E-state index in [2.05, 4.69) is 10.3 Å². The summed E-state index contributed by atoms with van der Waals surface area (Å²) in [6.07, 6.45) is 1.98. The van der Waals surface area contributed by atoms with E-state index in [0.717, 1.165) is 22.4 Å². The molecule has 3 aromatic rings. The van der Waals surface area contributed by atoms with E-state index in [1.807, 2.05) is 29.0 Å². The molecule has 0 unspecified atom stereocenters. The van der Waals surface area contributed by atoms with E-state index in [-0.39, 0.29) is 18.1 Å². The van der Waals surface area contributed by atoms with E-state index in [1.54, 1.807) is 29.7 Å². The van der Waals surface area contributed by atoms with E-state index in [9.17, 15) is 9.18 Å². The van der Waals surface area contributed by atoms with E-state index in [4.69, 9.17) is 0 Å². The van der Waals surface area contributed by atoms with Crippen LogP contribution in [0.3, 0.4) is 0 Å². The quantitative estimate of drug-likeness (QED) is 0.775. The second-order valence-electron chi connectivity index (χ2n) is 5.14. The van der Waals surface area contributed by atoms with Crippen molar-refractivity contribution in [3.63, 3.8) is 0 Å². The second-order valence-corrected chi connectivity index (χ2v) is 5.92. The lowest BCUT2D eigenvalue weighted by Gasteiger charge is -2.07. The van der Waals surface area contributed by atoms with Crippen LogP contribution in [0.2, 0.25) is 0 Å². The fourth-order valence-electron chi connectivity index (χ4n) is 2.20. The summed E-state index contributed by atoms with van der Waals surface area (Å²) in [6, 6.07) is 11.8. The Hall–Kier alpha value is -2.53. The summed E-state index contributed by atoms with van der Waals surface area (Å²) >= 11 is 1.62. The van der Waals surface area contributed by atoms with Crippen LogP contribution < -0.4 is 5.32 Å². The number of hydrogen-bond donors (Lipinski definition) is 1. The molecule has 1 aromatic carbocycles. The van der Waals surface area contributed by atoms with Gasteiger partial charge in [-0.05, 0) is 46.8 Å². The highest BCUT2D eigenvalue weighted by molar-refractivity contribution is 7.08. The summed E-state index contributed by atoms with van der Waals surface area (Å²) < 4.78 is 12.8. The SMILES string of the molecule is O=C(Cc1ccc(F)cc1)NCc1ccnc(-c2ccsc2)c1. The first kappa shape index (κ1) is 15.4. The number of halogens is 1. The summed E-state index contributed by atoms with van der Waals surface area (Å²) in [6.45, 7) is 0.444. The smallest absolute Gasteiger partial charge is 0.224 e. The Kier molecular flexibility index (Phi) is 4.78. The number of benzene rings is 1. The van der Waals surface area contributed by atoms with Gasteiger partial charge < -0.3 is 5.32 Å². The van der Waals surface area contributed by atoms with E-state index in [1.165, 1.54) is 12.1 Å². The van der Waals surface area contributed by atoms with Gasteiger partial charge in [-0.25, -0.2) is 4.39 Å². The first-order valence-corrected chi connectivity index (χ1v) is 8.13. The molecule has 23 heavy (non-hydrogen) atoms. The molecule has 0 bridgehead atoms. The summed E-state index contributed by atoms with van der Waals surface area (Å²) in [4.78, 5) is 16.3. The molecular formula is C18H15FN2OS. The number of pyridine rings is 1. The number of hydrogen-bond acceptors (Lipinski definition) is 3. The lowest BCUT2D eigenvalue weighted by atomic mass is 10.1. The number of nitrogens with zero attached hydrogens (tertiary/aromatic N) is 1. The van der Waals surface area contributed by atoms with Crippen molar-refractivity contribution in [3.05, 3.63) is 76.4 Å². The van der Waals surface area contributed by atoms with Gasteiger partial charge in [-0.3, -0.25) is 9.78 Å². The van der Waals surface area contributed by atoms with Gasteiger partial charge in [-0.15, -0.1) is 0 Å². The van der Waals surface area contributed by atoms with Crippen molar-refractivity contribution in [1.29, 1.82) is 0 Å². The van der Waals surface area contributed by atoms with Crippen LogP contribution in [0, 0.1) is 5.82 Å². The number of aromatic nitrogens is 1. The van der Waals surface area contributed by atoms with Crippen molar-refractivity contribution in [2.24, 2.45) is 0 Å². The minimum atomic E-state index is -0.299. The Balaban J connectivity index is 1.58. The van der Waals surface area contributed by atoms with Gasteiger partial charge in [-0.2, -0.15) is 11.3 Å². The van der Waals surface area contributed by atoms with Crippen LogP contribution >= 0.6 is 11.3 Å². The fourth-order valence-corrected chi connectivity index (χ4v) is 2.85. The maximum Gasteiger partial charge on any atom is 0.224 e. The molecule has 3 rings (SSSR count). The van der Waals surface area contributed by atoms with Crippen molar-refractivity contribution < 1.29 is 9.18 Å². The van der Waals surface area contributed by atoms with Gasteiger partial charge in [0.15, 0.2) is 0 Å². The monoisotopic (exact) mass is 326 g/mol. The van der Waals surface area contributed by atoms with E-state index < -0.39 is 0 Å². The predicted molar refractivity (Wildman–Crippen MR) is 89.5 cm³/mol. The van der Waals surface area contributed by atoms with Gasteiger partial charge in [0.05, 0.1) is 12.1 Å². The minimum absolute atomic E-state index is 0.0921. The molecule has 0 fully saturated rings. The zero-order chi connectivity index (χ0) is 16.1. The van der Waals surface area contributed by atoms with Gasteiger partial charge in [-0.1, -0.05) is 12.1 Å². The number of thiophene rings is 1. The molecule has 2 heterocycles. The summed E-state index contributed by atoms with van der Waals surface area (Å²) in [5.41, 5.74) is 3.76. The van der Waals surface area contributed by atoms with Gasteiger partial charge in [0, 0.05) is 23.7 Å². The first-order chi connectivity index (χ1) is 11.2. The number of rotatable bonds is 5. The van der Waals surface area contributed by atoms with Crippen molar-refractivity contribution in [1.82, 2.24) is 10.3 Å². The number of carbonyl (C=O) groups is 1.